The maximum Gasteiger partial charge on any atom is 0.281 e. The van der Waals surface area contributed by atoms with Crippen LogP contribution in [0.15, 0.2) is 17.4 Å². The van der Waals surface area contributed by atoms with Gasteiger partial charge in [0, 0.05) is 18.3 Å². The molecule has 2 aromatic heterocycles. The van der Waals surface area contributed by atoms with Crippen molar-refractivity contribution in [2.45, 2.75) is 26.8 Å². The van der Waals surface area contributed by atoms with Crippen LogP contribution in [-0.4, -0.2) is 18.6 Å². The molecule has 2 rings (SSSR count). The molecule has 0 aromatic carbocycles. The number of nitrogens with zero attached hydrogens (tertiary/aromatic N) is 4. The topological polar surface area (TPSA) is 52.7 Å². The molecule has 2 aromatic rings. The average molecular weight is 241 g/mol. The van der Waals surface area contributed by atoms with Crippen LogP contribution in [0.25, 0.3) is 11.2 Å². The molecule has 0 amide bonds. The molecule has 0 bridgehead atoms. The van der Waals surface area contributed by atoms with Gasteiger partial charge in [0.1, 0.15) is 12.7 Å². The van der Waals surface area contributed by atoms with E-state index < -0.39 is 0 Å². The molecule has 1 unspecified atom stereocenters. The van der Waals surface area contributed by atoms with E-state index in [1.807, 2.05) is 0 Å². The molecule has 16 heavy (non-hydrogen) atoms. The number of aromatic nitrogens is 4. The number of imidazole rings is 1. The quantitative estimate of drug-likeness (QED) is 0.820. The largest absolute Gasteiger partial charge is 0.297 e. The van der Waals surface area contributed by atoms with Crippen LogP contribution in [0.4, 0.5) is 0 Å². The molecule has 5 nitrogen and oxygen atoms in total. The van der Waals surface area contributed by atoms with Crippen molar-refractivity contribution in [3.8, 4) is 0 Å². The molecule has 0 spiro atoms. The van der Waals surface area contributed by atoms with Gasteiger partial charge in [-0.2, -0.15) is 0 Å². The Labute approximate surface area is 97.8 Å². The molecule has 86 valence electrons. The molecule has 0 fully saturated rings. The van der Waals surface area contributed by atoms with Crippen LogP contribution < -0.4 is 5.56 Å². The molecule has 0 aliphatic rings. The summed E-state index contributed by atoms with van der Waals surface area (Å²) >= 11 is 5.77. The maximum atomic E-state index is 12.0. The van der Waals surface area contributed by atoms with E-state index in [0.29, 0.717) is 23.6 Å². The lowest BCUT2D eigenvalue weighted by Crippen LogP contribution is -2.23. The summed E-state index contributed by atoms with van der Waals surface area (Å²) in [5.74, 6) is 0.440. The van der Waals surface area contributed by atoms with Crippen LogP contribution in [0.2, 0.25) is 0 Å². The van der Waals surface area contributed by atoms with Gasteiger partial charge in [-0.1, -0.05) is 20.3 Å². The van der Waals surface area contributed by atoms with E-state index in [0.717, 1.165) is 6.42 Å². The van der Waals surface area contributed by atoms with Gasteiger partial charge in [-0.25, -0.2) is 14.1 Å². The Kier molecular flexibility index (Phi) is 2.96. The standard InChI is InChI=1S/C10H13ClN4O/c1-3-7(2)4-14-5-13-9-8(10(14)16)12-6-15(9)11/h5-7H,3-4H2,1-2H3. The van der Waals surface area contributed by atoms with E-state index in [2.05, 4.69) is 23.8 Å². The Balaban J connectivity index is 2.49. The Morgan fingerprint density at radius 1 is 1.44 bits per heavy atom. The summed E-state index contributed by atoms with van der Waals surface area (Å²) in [7, 11) is 0. The second kappa shape index (κ2) is 4.25. The number of fused-ring (bicyclic) bond motifs is 1. The molecule has 0 saturated heterocycles. The number of halogens is 1. The van der Waals surface area contributed by atoms with E-state index in [1.165, 1.54) is 16.7 Å². The van der Waals surface area contributed by atoms with Crippen LogP contribution in [0.1, 0.15) is 20.3 Å². The van der Waals surface area contributed by atoms with Crippen LogP contribution in [0.3, 0.4) is 0 Å². The van der Waals surface area contributed by atoms with E-state index in [9.17, 15) is 4.79 Å². The fourth-order valence-corrected chi connectivity index (χ4v) is 1.66. The first-order valence-electron chi connectivity index (χ1n) is 5.22. The summed E-state index contributed by atoms with van der Waals surface area (Å²) in [4.78, 5) is 20.0. The van der Waals surface area contributed by atoms with Gasteiger partial charge >= 0.3 is 0 Å². The zero-order valence-corrected chi connectivity index (χ0v) is 9.98. The van der Waals surface area contributed by atoms with Gasteiger partial charge in [0.25, 0.3) is 5.56 Å². The predicted octanol–water partition coefficient (Wildman–Crippen LogP) is 1.64. The van der Waals surface area contributed by atoms with Crippen LogP contribution in [0.5, 0.6) is 0 Å². The molecular formula is C10H13ClN4O. The Morgan fingerprint density at radius 3 is 2.88 bits per heavy atom. The van der Waals surface area contributed by atoms with E-state index in [1.54, 1.807) is 4.57 Å². The number of hydrogen-bond acceptors (Lipinski definition) is 3. The smallest absolute Gasteiger partial charge is 0.281 e. The molecule has 0 N–H and O–H groups in total. The monoisotopic (exact) mass is 240 g/mol. The van der Waals surface area contributed by atoms with E-state index in [4.69, 9.17) is 11.8 Å². The fraction of sp³-hybridized carbons (Fsp3) is 0.500. The van der Waals surface area contributed by atoms with Gasteiger partial charge < -0.3 is 0 Å². The Hall–Kier alpha value is -1.36. The molecule has 0 radical (unpaired) electrons. The highest BCUT2D eigenvalue weighted by molar-refractivity contribution is 6.18. The predicted molar refractivity (Wildman–Crippen MR) is 62.5 cm³/mol. The van der Waals surface area contributed by atoms with Crippen molar-refractivity contribution in [1.82, 2.24) is 18.6 Å². The third-order valence-electron chi connectivity index (χ3n) is 2.69. The highest BCUT2D eigenvalue weighted by atomic mass is 35.5. The first-order chi connectivity index (χ1) is 7.63. The molecule has 0 aliphatic heterocycles. The SMILES string of the molecule is CCC(C)Cn1cnc2c(ncn2Cl)c1=O. The fourth-order valence-electron chi connectivity index (χ4n) is 1.50. The van der Waals surface area contributed by atoms with Crippen molar-refractivity contribution in [3.63, 3.8) is 0 Å². The lowest BCUT2D eigenvalue weighted by Gasteiger charge is -2.09. The third-order valence-corrected chi connectivity index (χ3v) is 2.94. The van der Waals surface area contributed by atoms with Gasteiger partial charge in [0.05, 0.1) is 0 Å². The molecule has 2 heterocycles. The van der Waals surface area contributed by atoms with Crippen LogP contribution in [-0.2, 0) is 6.54 Å². The van der Waals surface area contributed by atoms with Gasteiger partial charge in [-0.15, -0.1) is 0 Å². The summed E-state index contributed by atoms with van der Waals surface area (Å²) in [5, 5.41) is 0. The summed E-state index contributed by atoms with van der Waals surface area (Å²) in [5.41, 5.74) is 0.595. The van der Waals surface area contributed by atoms with Crippen molar-refractivity contribution in [3.05, 3.63) is 23.0 Å². The second-order valence-electron chi connectivity index (χ2n) is 3.94. The lowest BCUT2D eigenvalue weighted by molar-refractivity contribution is 0.458. The molecular weight excluding hydrogens is 228 g/mol. The first-order valence-corrected chi connectivity index (χ1v) is 5.56. The minimum absolute atomic E-state index is 0.135. The van der Waals surface area contributed by atoms with Crippen molar-refractivity contribution in [1.29, 1.82) is 0 Å². The average Bonchev–Trinajstić information content (AvgIpc) is 2.65. The zero-order chi connectivity index (χ0) is 11.7. The molecule has 1 atom stereocenters. The van der Waals surface area contributed by atoms with Crippen molar-refractivity contribution in [2.75, 3.05) is 0 Å². The highest BCUT2D eigenvalue weighted by Gasteiger charge is 2.10. The van der Waals surface area contributed by atoms with E-state index in [-0.39, 0.29) is 5.56 Å². The van der Waals surface area contributed by atoms with Crippen molar-refractivity contribution in [2.24, 2.45) is 5.92 Å². The van der Waals surface area contributed by atoms with E-state index >= 15 is 0 Å². The number of hydrogen-bond donors (Lipinski definition) is 0. The highest BCUT2D eigenvalue weighted by Crippen LogP contribution is 2.07. The van der Waals surface area contributed by atoms with Gasteiger partial charge in [-0.05, 0) is 5.92 Å². The molecule has 0 saturated carbocycles. The summed E-state index contributed by atoms with van der Waals surface area (Å²) in [6.45, 7) is 4.85. The first kappa shape index (κ1) is 11.1. The summed E-state index contributed by atoms with van der Waals surface area (Å²) in [6, 6.07) is 0. The van der Waals surface area contributed by atoms with Gasteiger partial charge in [-0.3, -0.25) is 9.36 Å². The third kappa shape index (κ3) is 1.82. The van der Waals surface area contributed by atoms with Gasteiger partial charge in [0.15, 0.2) is 11.2 Å². The normalized spacial score (nSPS) is 13.2. The van der Waals surface area contributed by atoms with Gasteiger partial charge in [0.2, 0.25) is 0 Å². The molecule has 0 aliphatic carbocycles. The minimum Gasteiger partial charge on any atom is -0.297 e. The molecule has 6 heteroatoms. The second-order valence-corrected chi connectivity index (χ2v) is 4.31. The van der Waals surface area contributed by atoms with Crippen molar-refractivity contribution < 1.29 is 0 Å². The number of rotatable bonds is 3. The Morgan fingerprint density at radius 2 is 2.19 bits per heavy atom. The van der Waals surface area contributed by atoms with Crippen molar-refractivity contribution >= 4 is 22.9 Å². The summed E-state index contributed by atoms with van der Waals surface area (Å²) in [6.07, 6.45) is 3.93. The minimum atomic E-state index is -0.135. The maximum absolute atomic E-state index is 12.0. The van der Waals surface area contributed by atoms with Crippen LogP contribution in [0, 0.1) is 5.92 Å². The summed E-state index contributed by atoms with van der Waals surface area (Å²) < 4.78 is 2.81. The van der Waals surface area contributed by atoms with Crippen LogP contribution >= 0.6 is 11.8 Å². The zero-order valence-electron chi connectivity index (χ0n) is 9.22. The lowest BCUT2D eigenvalue weighted by atomic mass is 10.1. The Bertz CT molecular complexity index is 559.